The topological polar surface area (TPSA) is 64.6 Å². The molecule has 0 bridgehead atoms. The molecule has 138 valence electrons. The third kappa shape index (κ3) is 4.44. The second-order valence-corrected chi connectivity index (χ2v) is 6.14. The van der Waals surface area contributed by atoms with Gasteiger partial charge < -0.3 is 14.8 Å². The zero-order chi connectivity index (χ0) is 19.2. The summed E-state index contributed by atoms with van der Waals surface area (Å²) in [7, 11) is 1.60. The van der Waals surface area contributed by atoms with Gasteiger partial charge in [0, 0.05) is 6.54 Å². The fourth-order valence-electron chi connectivity index (χ4n) is 2.76. The van der Waals surface area contributed by atoms with Crippen molar-refractivity contribution < 1.29 is 19.1 Å². The lowest BCUT2D eigenvalue weighted by Crippen LogP contribution is -2.35. The average molecular weight is 363 g/mol. The molecule has 3 rings (SSSR count). The Morgan fingerprint density at radius 3 is 2.41 bits per heavy atom. The van der Waals surface area contributed by atoms with Gasteiger partial charge in [0.2, 0.25) is 0 Å². The van der Waals surface area contributed by atoms with Crippen molar-refractivity contribution in [1.29, 1.82) is 0 Å². The van der Waals surface area contributed by atoms with E-state index in [2.05, 4.69) is 5.32 Å². The van der Waals surface area contributed by atoms with Gasteiger partial charge in [-0.1, -0.05) is 48.5 Å². The molecule has 3 aromatic rings. The number of methoxy groups -OCH3 is 1. The van der Waals surface area contributed by atoms with E-state index in [9.17, 15) is 9.59 Å². The number of benzene rings is 3. The van der Waals surface area contributed by atoms with Gasteiger partial charge in [-0.15, -0.1) is 0 Å². The van der Waals surface area contributed by atoms with Crippen LogP contribution >= 0.6 is 0 Å². The summed E-state index contributed by atoms with van der Waals surface area (Å²) < 4.78 is 10.5. The molecular formula is C22H21NO4. The molecule has 1 N–H and O–H groups in total. The predicted octanol–water partition coefficient (Wildman–Crippen LogP) is 3.71. The maximum atomic E-state index is 12.5. The molecule has 0 aliphatic carbocycles. The lowest BCUT2D eigenvalue weighted by atomic mass is 10.0. The van der Waals surface area contributed by atoms with Crippen LogP contribution in [0.15, 0.2) is 66.7 Å². The number of carbonyl (C=O) groups is 2. The summed E-state index contributed by atoms with van der Waals surface area (Å²) in [6.45, 7) is 1.91. The fourth-order valence-corrected chi connectivity index (χ4v) is 2.76. The maximum absolute atomic E-state index is 12.5. The Labute approximate surface area is 157 Å². The minimum absolute atomic E-state index is 0.346. The highest BCUT2D eigenvalue weighted by Gasteiger charge is 2.20. The first-order chi connectivity index (χ1) is 13.1. The van der Waals surface area contributed by atoms with Gasteiger partial charge in [0.25, 0.3) is 5.91 Å². The Kier molecular flexibility index (Phi) is 5.71. The average Bonchev–Trinajstić information content (AvgIpc) is 2.71. The zero-order valence-electron chi connectivity index (χ0n) is 15.3. The largest absolute Gasteiger partial charge is 0.497 e. The molecule has 0 fully saturated rings. The van der Waals surface area contributed by atoms with E-state index in [-0.39, 0.29) is 5.91 Å². The van der Waals surface area contributed by atoms with Crippen LogP contribution < -0.4 is 10.1 Å². The van der Waals surface area contributed by atoms with Crippen LogP contribution in [0.3, 0.4) is 0 Å². The van der Waals surface area contributed by atoms with Gasteiger partial charge in [0.1, 0.15) is 5.75 Å². The summed E-state index contributed by atoms with van der Waals surface area (Å²) in [5.74, 6) is -0.110. The van der Waals surface area contributed by atoms with Crippen molar-refractivity contribution >= 4 is 22.6 Å². The zero-order valence-corrected chi connectivity index (χ0v) is 15.3. The first kappa shape index (κ1) is 18.5. The molecule has 0 heterocycles. The molecule has 27 heavy (non-hydrogen) atoms. The van der Waals surface area contributed by atoms with E-state index in [4.69, 9.17) is 9.47 Å². The Balaban J connectivity index is 1.60. The van der Waals surface area contributed by atoms with E-state index < -0.39 is 12.1 Å². The highest BCUT2D eigenvalue weighted by molar-refractivity contribution is 6.05. The molecule has 0 saturated heterocycles. The summed E-state index contributed by atoms with van der Waals surface area (Å²) >= 11 is 0. The third-order valence-corrected chi connectivity index (χ3v) is 4.29. The number of carbonyl (C=O) groups excluding carboxylic acids is 2. The summed E-state index contributed by atoms with van der Waals surface area (Å²) in [5.41, 5.74) is 1.37. The second kappa shape index (κ2) is 8.36. The van der Waals surface area contributed by atoms with Gasteiger partial charge >= 0.3 is 5.97 Å². The number of fused-ring (bicyclic) bond motifs is 1. The van der Waals surface area contributed by atoms with E-state index in [0.29, 0.717) is 12.1 Å². The van der Waals surface area contributed by atoms with Gasteiger partial charge in [0.05, 0.1) is 12.7 Å². The fraction of sp³-hybridized carbons (Fsp3) is 0.182. The molecule has 0 saturated carbocycles. The van der Waals surface area contributed by atoms with Gasteiger partial charge in [0.15, 0.2) is 6.10 Å². The number of hydrogen-bond acceptors (Lipinski definition) is 4. The smallest absolute Gasteiger partial charge is 0.339 e. The van der Waals surface area contributed by atoms with Crippen LogP contribution in [-0.4, -0.2) is 25.1 Å². The molecule has 5 nitrogen and oxygen atoms in total. The summed E-state index contributed by atoms with van der Waals surface area (Å²) in [6.07, 6.45) is -0.894. The quantitative estimate of drug-likeness (QED) is 0.678. The van der Waals surface area contributed by atoms with Crippen LogP contribution in [0.1, 0.15) is 22.8 Å². The summed E-state index contributed by atoms with van der Waals surface area (Å²) in [5, 5.41) is 4.52. The van der Waals surface area contributed by atoms with Gasteiger partial charge in [-0.2, -0.15) is 0 Å². The van der Waals surface area contributed by atoms with Crippen molar-refractivity contribution in [2.75, 3.05) is 7.11 Å². The minimum Gasteiger partial charge on any atom is -0.497 e. The maximum Gasteiger partial charge on any atom is 0.339 e. The number of esters is 1. The van der Waals surface area contributed by atoms with Gasteiger partial charge in [-0.05, 0) is 41.5 Å². The van der Waals surface area contributed by atoms with Crippen molar-refractivity contribution in [2.24, 2.45) is 0 Å². The molecule has 1 amide bonds. The molecule has 0 aromatic heterocycles. The van der Waals surface area contributed by atoms with Crippen molar-refractivity contribution in [3.8, 4) is 5.75 Å². The molecule has 0 unspecified atom stereocenters. The number of rotatable bonds is 6. The molecule has 1 atom stereocenters. The van der Waals surface area contributed by atoms with Gasteiger partial charge in [-0.3, -0.25) is 4.79 Å². The number of hydrogen-bond donors (Lipinski definition) is 1. The highest BCUT2D eigenvalue weighted by atomic mass is 16.5. The van der Waals surface area contributed by atoms with Crippen molar-refractivity contribution in [2.45, 2.75) is 19.6 Å². The SMILES string of the molecule is COc1ccc(CNC(=O)[C@@H](C)OC(=O)c2cccc3ccccc23)cc1. The van der Waals surface area contributed by atoms with Crippen LogP contribution in [0, 0.1) is 0 Å². The molecule has 5 heteroatoms. The van der Waals surface area contributed by atoms with E-state index >= 15 is 0 Å². The Bertz CT molecular complexity index is 945. The Morgan fingerprint density at radius 1 is 0.963 bits per heavy atom. The van der Waals surface area contributed by atoms with Gasteiger partial charge in [-0.25, -0.2) is 4.79 Å². The van der Waals surface area contributed by atoms with Crippen molar-refractivity contribution in [3.63, 3.8) is 0 Å². The van der Waals surface area contributed by atoms with Crippen LogP contribution in [0.4, 0.5) is 0 Å². The first-order valence-electron chi connectivity index (χ1n) is 8.68. The molecule has 0 aliphatic rings. The van der Waals surface area contributed by atoms with Crippen LogP contribution in [0.5, 0.6) is 5.75 Å². The summed E-state index contributed by atoms with van der Waals surface area (Å²) in [6, 6.07) is 20.4. The van der Waals surface area contributed by atoms with Crippen molar-refractivity contribution in [3.05, 3.63) is 77.9 Å². The minimum atomic E-state index is -0.894. The number of ether oxygens (including phenoxy) is 2. The van der Waals surface area contributed by atoms with E-state index in [1.807, 2.05) is 54.6 Å². The Morgan fingerprint density at radius 2 is 1.67 bits per heavy atom. The highest BCUT2D eigenvalue weighted by Crippen LogP contribution is 2.19. The lowest BCUT2D eigenvalue weighted by molar-refractivity contribution is -0.129. The van der Waals surface area contributed by atoms with Crippen LogP contribution in [0.2, 0.25) is 0 Å². The monoisotopic (exact) mass is 363 g/mol. The standard InChI is InChI=1S/C22H21NO4/c1-15(21(24)23-14-16-10-12-18(26-2)13-11-16)27-22(25)20-9-5-7-17-6-3-4-8-19(17)20/h3-13,15H,14H2,1-2H3,(H,23,24)/t15-/m1/s1. The normalized spacial score (nSPS) is 11.6. The van der Waals surface area contributed by atoms with Crippen molar-refractivity contribution in [1.82, 2.24) is 5.32 Å². The molecule has 0 spiro atoms. The molecule has 0 aliphatic heterocycles. The van der Waals surface area contributed by atoms with E-state index in [1.165, 1.54) is 0 Å². The van der Waals surface area contributed by atoms with Crippen LogP contribution in [-0.2, 0) is 16.1 Å². The molecule has 3 aromatic carbocycles. The molecular weight excluding hydrogens is 342 g/mol. The molecule has 0 radical (unpaired) electrons. The number of amides is 1. The second-order valence-electron chi connectivity index (χ2n) is 6.14. The summed E-state index contributed by atoms with van der Waals surface area (Å²) in [4.78, 5) is 24.8. The van der Waals surface area contributed by atoms with E-state index in [1.54, 1.807) is 26.2 Å². The number of nitrogens with one attached hydrogen (secondary N) is 1. The van der Waals surface area contributed by atoms with E-state index in [0.717, 1.165) is 22.1 Å². The first-order valence-corrected chi connectivity index (χ1v) is 8.68. The lowest BCUT2D eigenvalue weighted by Gasteiger charge is -2.14. The third-order valence-electron chi connectivity index (χ3n) is 4.29. The Hall–Kier alpha value is -3.34. The van der Waals surface area contributed by atoms with Crippen LogP contribution in [0.25, 0.3) is 10.8 Å². The predicted molar refractivity (Wildman–Crippen MR) is 104 cm³/mol.